The molecular formula is C30H29F3O8. The minimum atomic E-state index is -4.56. The van der Waals surface area contributed by atoms with E-state index < -0.39 is 29.8 Å². The average molecular weight is 575 g/mol. The third-order valence-electron chi connectivity index (χ3n) is 6.29. The van der Waals surface area contributed by atoms with Crippen LogP contribution in [-0.4, -0.2) is 31.3 Å². The minimum Gasteiger partial charge on any atom is -0.497 e. The van der Waals surface area contributed by atoms with Crippen molar-refractivity contribution in [3.05, 3.63) is 76.3 Å². The van der Waals surface area contributed by atoms with Gasteiger partial charge in [0.1, 0.15) is 29.4 Å². The van der Waals surface area contributed by atoms with Crippen molar-refractivity contribution < 1.29 is 51.6 Å². The number of carbonyl (C=O) groups is 2. The molecule has 4 rings (SSSR count). The monoisotopic (exact) mass is 574 g/mol. The van der Waals surface area contributed by atoms with Crippen LogP contribution in [0.2, 0.25) is 0 Å². The number of ether oxygens (including phenoxy) is 5. The number of benzene rings is 3. The van der Waals surface area contributed by atoms with Crippen LogP contribution in [0.25, 0.3) is 0 Å². The fourth-order valence-electron chi connectivity index (χ4n) is 4.36. The second kappa shape index (κ2) is 11.3. The molecule has 1 aliphatic heterocycles. The summed E-state index contributed by atoms with van der Waals surface area (Å²) in [6, 6.07) is 9.49. The SMILES string of the molecule is COc1cc2c(c(OC(=O)c3ccc(C(F)(F)F)cc3)c1)Oc1ccc([C@@H](O)CC(C)(C)C)c(OC)c1C(=O)OC2. The van der Waals surface area contributed by atoms with E-state index in [1.54, 1.807) is 6.07 Å². The molecule has 0 unspecified atom stereocenters. The van der Waals surface area contributed by atoms with Gasteiger partial charge in [-0.3, -0.25) is 0 Å². The molecule has 41 heavy (non-hydrogen) atoms. The van der Waals surface area contributed by atoms with Gasteiger partial charge >= 0.3 is 18.1 Å². The molecule has 1 N–H and O–H groups in total. The molecule has 8 nitrogen and oxygen atoms in total. The number of alkyl halides is 3. The lowest BCUT2D eigenvalue weighted by atomic mass is 9.86. The van der Waals surface area contributed by atoms with Crippen LogP contribution in [-0.2, 0) is 17.5 Å². The number of halogens is 3. The Morgan fingerprint density at radius 2 is 1.71 bits per heavy atom. The fraction of sp³-hybridized carbons (Fsp3) is 0.333. The summed E-state index contributed by atoms with van der Waals surface area (Å²) in [4.78, 5) is 26.1. The number of aliphatic hydroxyl groups is 1. The number of aliphatic hydroxyl groups excluding tert-OH is 1. The van der Waals surface area contributed by atoms with E-state index in [9.17, 15) is 27.9 Å². The van der Waals surface area contributed by atoms with Gasteiger partial charge in [0, 0.05) is 17.2 Å². The van der Waals surface area contributed by atoms with Crippen LogP contribution in [0.1, 0.15) is 70.7 Å². The van der Waals surface area contributed by atoms with Gasteiger partial charge in [-0.2, -0.15) is 13.2 Å². The van der Waals surface area contributed by atoms with Gasteiger partial charge in [0.2, 0.25) is 0 Å². The van der Waals surface area contributed by atoms with Gasteiger partial charge in [-0.05, 0) is 54.3 Å². The normalized spacial score (nSPS) is 13.9. The Labute approximate surface area is 234 Å². The van der Waals surface area contributed by atoms with Crippen molar-refractivity contribution in [3.8, 4) is 28.7 Å². The lowest BCUT2D eigenvalue weighted by molar-refractivity contribution is -0.137. The van der Waals surface area contributed by atoms with Crippen molar-refractivity contribution in [2.45, 2.75) is 46.1 Å². The highest BCUT2D eigenvalue weighted by Crippen LogP contribution is 2.46. The first kappa shape index (κ1) is 29.7. The van der Waals surface area contributed by atoms with Gasteiger partial charge in [0.05, 0.1) is 31.5 Å². The number of esters is 2. The Bertz CT molecular complexity index is 1460. The maximum atomic E-state index is 13.1. The minimum absolute atomic E-state index is 0.0107. The summed E-state index contributed by atoms with van der Waals surface area (Å²) in [5, 5.41) is 10.9. The second-order valence-corrected chi connectivity index (χ2v) is 10.6. The van der Waals surface area contributed by atoms with E-state index in [2.05, 4.69) is 0 Å². The molecule has 0 saturated heterocycles. The van der Waals surface area contributed by atoms with Crippen LogP contribution >= 0.6 is 0 Å². The van der Waals surface area contributed by atoms with Crippen LogP contribution in [0.15, 0.2) is 48.5 Å². The number of cyclic esters (lactones) is 1. The van der Waals surface area contributed by atoms with Gasteiger partial charge in [-0.25, -0.2) is 9.59 Å². The lowest BCUT2D eigenvalue weighted by Gasteiger charge is -2.26. The van der Waals surface area contributed by atoms with Crippen molar-refractivity contribution in [1.82, 2.24) is 0 Å². The molecule has 11 heteroatoms. The molecule has 0 amide bonds. The van der Waals surface area contributed by atoms with E-state index in [0.29, 0.717) is 17.5 Å². The Balaban J connectivity index is 1.75. The van der Waals surface area contributed by atoms with Gasteiger partial charge in [-0.1, -0.05) is 20.8 Å². The molecular weight excluding hydrogens is 545 g/mol. The highest BCUT2D eigenvalue weighted by atomic mass is 19.4. The predicted molar refractivity (Wildman–Crippen MR) is 141 cm³/mol. The highest BCUT2D eigenvalue weighted by Gasteiger charge is 2.33. The number of carbonyl (C=O) groups excluding carboxylic acids is 2. The molecule has 0 aliphatic carbocycles. The third-order valence-corrected chi connectivity index (χ3v) is 6.29. The molecule has 3 aromatic rings. The van der Waals surface area contributed by atoms with Crippen molar-refractivity contribution in [3.63, 3.8) is 0 Å². The fourth-order valence-corrected chi connectivity index (χ4v) is 4.36. The third kappa shape index (κ3) is 6.57. The molecule has 0 aromatic heterocycles. The van der Waals surface area contributed by atoms with Crippen LogP contribution in [0, 0.1) is 5.41 Å². The van der Waals surface area contributed by atoms with Crippen molar-refractivity contribution in [2.75, 3.05) is 14.2 Å². The Morgan fingerprint density at radius 1 is 1.02 bits per heavy atom. The van der Waals surface area contributed by atoms with Gasteiger partial charge < -0.3 is 28.8 Å². The Morgan fingerprint density at radius 3 is 2.29 bits per heavy atom. The second-order valence-electron chi connectivity index (χ2n) is 10.6. The number of methoxy groups -OCH3 is 2. The summed E-state index contributed by atoms with van der Waals surface area (Å²) in [6.07, 6.45) is -5.14. The first-order valence-electron chi connectivity index (χ1n) is 12.6. The zero-order valence-electron chi connectivity index (χ0n) is 23.0. The molecule has 3 aromatic carbocycles. The van der Waals surface area contributed by atoms with Crippen LogP contribution in [0.3, 0.4) is 0 Å². The van der Waals surface area contributed by atoms with Crippen LogP contribution in [0.5, 0.6) is 28.7 Å². The summed E-state index contributed by atoms with van der Waals surface area (Å²) in [5.74, 6) is -1.49. The van der Waals surface area contributed by atoms with E-state index in [1.807, 2.05) is 20.8 Å². The molecule has 1 heterocycles. The van der Waals surface area contributed by atoms with Crippen molar-refractivity contribution in [2.24, 2.45) is 5.41 Å². The van der Waals surface area contributed by atoms with Crippen LogP contribution < -0.4 is 18.9 Å². The lowest BCUT2D eigenvalue weighted by Crippen LogP contribution is -2.17. The number of hydrogen-bond donors (Lipinski definition) is 1. The standard InChI is InChI=1S/C30H29F3O8/c1-29(2,3)14-21(34)20-10-11-22-24(26(20)38-5)28(36)39-15-17-12-19(37-4)13-23(25(17)40-22)41-27(35)16-6-8-18(9-7-16)30(31,32)33/h6-13,21,34H,14-15H2,1-5H3/t21-/m0/s1. The Kier molecular flexibility index (Phi) is 8.21. The number of hydrogen-bond acceptors (Lipinski definition) is 8. The highest BCUT2D eigenvalue weighted by molar-refractivity contribution is 5.97. The predicted octanol–water partition coefficient (Wildman–Crippen LogP) is 6.87. The molecule has 0 bridgehead atoms. The van der Waals surface area contributed by atoms with Crippen molar-refractivity contribution >= 4 is 11.9 Å². The zero-order valence-corrected chi connectivity index (χ0v) is 23.0. The summed E-state index contributed by atoms with van der Waals surface area (Å²) in [6.45, 7) is 5.60. The quantitative estimate of drug-likeness (QED) is 0.251. The zero-order chi connectivity index (χ0) is 30.1. The molecule has 0 spiro atoms. The van der Waals surface area contributed by atoms with E-state index in [-0.39, 0.29) is 51.9 Å². The maximum absolute atomic E-state index is 13.1. The first-order chi connectivity index (χ1) is 19.2. The molecule has 1 atom stereocenters. The van der Waals surface area contributed by atoms with Gasteiger partial charge in [0.25, 0.3) is 0 Å². The van der Waals surface area contributed by atoms with E-state index >= 15 is 0 Å². The van der Waals surface area contributed by atoms with Crippen LogP contribution in [0.4, 0.5) is 13.2 Å². The number of rotatable bonds is 6. The number of fused-ring (bicyclic) bond motifs is 2. The van der Waals surface area contributed by atoms with Gasteiger partial charge in [0.15, 0.2) is 11.5 Å². The molecule has 1 aliphatic rings. The molecule has 0 fully saturated rings. The molecule has 218 valence electrons. The summed E-state index contributed by atoms with van der Waals surface area (Å²) >= 11 is 0. The maximum Gasteiger partial charge on any atom is 0.416 e. The largest absolute Gasteiger partial charge is 0.497 e. The summed E-state index contributed by atoms with van der Waals surface area (Å²) in [5.41, 5.74) is -0.676. The van der Waals surface area contributed by atoms with E-state index in [1.165, 1.54) is 32.4 Å². The smallest absolute Gasteiger partial charge is 0.416 e. The van der Waals surface area contributed by atoms with Gasteiger partial charge in [-0.15, -0.1) is 0 Å². The molecule has 0 saturated carbocycles. The molecule has 0 radical (unpaired) electrons. The summed E-state index contributed by atoms with van der Waals surface area (Å²) in [7, 11) is 2.73. The van der Waals surface area contributed by atoms with E-state index in [4.69, 9.17) is 23.7 Å². The Hall–Kier alpha value is -4.25. The first-order valence-corrected chi connectivity index (χ1v) is 12.6. The topological polar surface area (TPSA) is 101 Å². The van der Waals surface area contributed by atoms with Crippen molar-refractivity contribution in [1.29, 1.82) is 0 Å². The van der Waals surface area contributed by atoms with E-state index in [0.717, 1.165) is 24.3 Å². The average Bonchev–Trinajstić information content (AvgIpc) is 2.89. The summed E-state index contributed by atoms with van der Waals surface area (Å²) < 4.78 is 66.8.